The second-order valence-electron chi connectivity index (χ2n) is 3.80. The molecule has 0 radical (unpaired) electrons. The van der Waals surface area contributed by atoms with E-state index in [1.165, 1.54) is 11.3 Å². The molecule has 0 aliphatic carbocycles. The molecule has 8 heteroatoms. The maximum absolute atomic E-state index is 12.4. The smallest absolute Gasteiger partial charge is 0.346 e. The number of hydrogen-bond donors (Lipinski definition) is 1. The molecule has 0 fully saturated rings. The quantitative estimate of drug-likeness (QED) is 0.898. The highest BCUT2D eigenvalue weighted by Gasteiger charge is 2.30. The molecule has 0 bridgehead atoms. The number of halogens is 4. The highest BCUT2D eigenvalue weighted by molar-refractivity contribution is 9.10. The van der Waals surface area contributed by atoms with Crippen molar-refractivity contribution in [3.05, 3.63) is 50.4 Å². The van der Waals surface area contributed by atoms with Crippen LogP contribution < -0.4 is 5.32 Å². The second-order valence-corrected chi connectivity index (χ2v) is 5.66. The summed E-state index contributed by atoms with van der Waals surface area (Å²) in [5.41, 5.74) is -0.930. The SMILES string of the molecule is O=C(NCc1sccc1Br)c1ccc(C(F)(F)F)cn1. The molecule has 106 valence electrons. The van der Waals surface area contributed by atoms with Crippen molar-refractivity contribution in [3.8, 4) is 0 Å². The molecule has 0 aromatic carbocycles. The Hall–Kier alpha value is -1.41. The van der Waals surface area contributed by atoms with Crippen molar-refractivity contribution in [2.75, 3.05) is 0 Å². The summed E-state index contributed by atoms with van der Waals surface area (Å²) in [4.78, 5) is 16.2. The molecule has 1 N–H and O–H groups in total. The number of thiophene rings is 1. The minimum absolute atomic E-state index is 0.0503. The molecule has 2 heterocycles. The monoisotopic (exact) mass is 364 g/mol. The number of carbonyl (C=O) groups is 1. The molecular formula is C12H8BrF3N2OS. The van der Waals surface area contributed by atoms with E-state index >= 15 is 0 Å². The molecular weight excluding hydrogens is 357 g/mol. The summed E-state index contributed by atoms with van der Waals surface area (Å²) in [6, 6.07) is 3.74. The number of alkyl halides is 3. The van der Waals surface area contributed by atoms with Gasteiger partial charge in [0.05, 0.1) is 12.1 Å². The van der Waals surface area contributed by atoms with Crippen molar-refractivity contribution < 1.29 is 18.0 Å². The van der Waals surface area contributed by atoms with Gasteiger partial charge in [-0.1, -0.05) is 0 Å². The predicted molar refractivity (Wildman–Crippen MR) is 72.4 cm³/mol. The Balaban J connectivity index is 2.01. The van der Waals surface area contributed by atoms with Gasteiger partial charge in [-0.05, 0) is 39.5 Å². The van der Waals surface area contributed by atoms with Crippen LogP contribution in [0.4, 0.5) is 13.2 Å². The first-order valence-corrected chi connectivity index (χ1v) is 7.08. The van der Waals surface area contributed by atoms with Gasteiger partial charge in [0.15, 0.2) is 0 Å². The van der Waals surface area contributed by atoms with E-state index in [2.05, 4.69) is 26.2 Å². The van der Waals surface area contributed by atoms with E-state index in [-0.39, 0.29) is 5.69 Å². The molecule has 3 nitrogen and oxygen atoms in total. The number of nitrogens with one attached hydrogen (secondary N) is 1. The fraction of sp³-hybridized carbons (Fsp3) is 0.167. The molecule has 0 aliphatic rings. The first kappa shape index (κ1) is 15.0. The molecule has 0 unspecified atom stereocenters. The van der Waals surface area contributed by atoms with Crippen LogP contribution in [0.5, 0.6) is 0 Å². The van der Waals surface area contributed by atoms with E-state index in [0.29, 0.717) is 12.7 Å². The van der Waals surface area contributed by atoms with Gasteiger partial charge in [0.1, 0.15) is 5.69 Å². The van der Waals surface area contributed by atoms with E-state index in [0.717, 1.165) is 21.5 Å². The van der Waals surface area contributed by atoms with Crippen LogP contribution in [-0.2, 0) is 12.7 Å². The minimum atomic E-state index is -4.45. The van der Waals surface area contributed by atoms with Gasteiger partial charge in [-0.25, -0.2) is 0 Å². The predicted octanol–water partition coefficient (Wildman–Crippen LogP) is 3.85. The fourth-order valence-corrected chi connectivity index (χ4v) is 2.83. The van der Waals surface area contributed by atoms with Crippen LogP contribution in [0.25, 0.3) is 0 Å². The molecule has 1 amide bonds. The molecule has 0 saturated carbocycles. The van der Waals surface area contributed by atoms with E-state index in [1.54, 1.807) is 0 Å². The highest BCUT2D eigenvalue weighted by atomic mass is 79.9. The Morgan fingerprint density at radius 2 is 2.10 bits per heavy atom. The van der Waals surface area contributed by atoms with Crippen molar-refractivity contribution in [3.63, 3.8) is 0 Å². The summed E-state index contributed by atoms with van der Waals surface area (Å²) in [7, 11) is 0. The molecule has 0 atom stereocenters. The molecule has 20 heavy (non-hydrogen) atoms. The second kappa shape index (κ2) is 5.92. The molecule has 0 saturated heterocycles. The number of carbonyl (C=O) groups excluding carboxylic acids is 1. The number of nitrogens with zero attached hydrogens (tertiary/aromatic N) is 1. The van der Waals surface area contributed by atoms with Crippen LogP contribution in [0.1, 0.15) is 20.9 Å². The van der Waals surface area contributed by atoms with Crippen molar-refractivity contribution in [2.45, 2.75) is 12.7 Å². The van der Waals surface area contributed by atoms with Gasteiger partial charge >= 0.3 is 6.18 Å². The summed E-state index contributed by atoms with van der Waals surface area (Å²) < 4.78 is 37.9. The van der Waals surface area contributed by atoms with Gasteiger partial charge in [-0.3, -0.25) is 9.78 Å². The molecule has 0 spiro atoms. The topological polar surface area (TPSA) is 42.0 Å². The van der Waals surface area contributed by atoms with E-state index in [4.69, 9.17) is 0 Å². The standard InChI is InChI=1S/C12H8BrF3N2OS/c13-8-3-4-20-10(8)6-18-11(19)9-2-1-7(5-17-9)12(14,15)16/h1-5H,6H2,(H,18,19). The number of aromatic nitrogens is 1. The molecule has 0 aliphatic heterocycles. The van der Waals surface area contributed by atoms with Crippen LogP contribution in [0.15, 0.2) is 34.2 Å². The average Bonchev–Trinajstić information content (AvgIpc) is 2.81. The van der Waals surface area contributed by atoms with Gasteiger partial charge in [0.2, 0.25) is 0 Å². The Kier molecular flexibility index (Phi) is 4.44. The van der Waals surface area contributed by atoms with Gasteiger partial charge in [0.25, 0.3) is 5.91 Å². The average molecular weight is 365 g/mol. The highest BCUT2D eigenvalue weighted by Crippen LogP contribution is 2.28. The number of rotatable bonds is 3. The van der Waals surface area contributed by atoms with Crippen LogP contribution in [0.3, 0.4) is 0 Å². The molecule has 2 aromatic rings. The van der Waals surface area contributed by atoms with Crippen molar-refractivity contribution >= 4 is 33.2 Å². The van der Waals surface area contributed by atoms with Crippen molar-refractivity contribution in [1.82, 2.24) is 10.3 Å². The van der Waals surface area contributed by atoms with Crippen LogP contribution >= 0.6 is 27.3 Å². The maximum Gasteiger partial charge on any atom is 0.417 e. The zero-order valence-electron chi connectivity index (χ0n) is 9.87. The zero-order chi connectivity index (χ0) is 14.8. The lowest BCUT2D eigenvalue weighted by molar-refractivity contribution is -0.137. The molecule has 2 aromatic heterocycles. The normalized spacial score (nSPS) is 11.4. The summed E-state index contributed by atoms with van der Waals surface area (Å²) in [6.45, 7) is 0.291. The Morgan fingerprint density at radius 1 is 1.35 bits per heavy atom. The third-order valence-electron chi connectivity index (χ3n) is 2.42. The van der Waals surface area contributed by atoms with Crippen molar-refractivity contribution in [1.29, 1.82) is 0 Å². The number of amides is 1. The lowest BCUT2D eigenvalue weighted by atomic mass is 10.2. The van der Waals surface area contributed by atoms with Crippen LogP contribution in [0, 0.1) is 0 Å². The fourth-order valence-electron chi connectivity index (χ4n) is 1.40. The molecule has 2 rings (SSSR count). The van der Waals surface area contributed by atoms with E-state index in [9.17, 15) is 18.0 Å². The largest absolute Gasteiger partial charge is 0.417 e. The Labute approximate surface area is 125 Å². The van der Waals surface area contributed by atoms with Gasteiger partial charge in [0, 0.05) is 15.5 Å². The first-order valence-electron chi connectivity index (χ1n) is 5.41. The third-order valence-corrected chi connectivity index (χ3v) is 4.35. The summed E-state index contributed by atoms with van der Waals surface area (Å²) in [5.74, 6) is -0.515. The van der Waals surface area contributed by atoms with Crippen molar-refractivity contribution in [2.24, 2.45) is 0 Å². The van der Waals surface area contributed by atoms with Gasteiger partial charge in [-0.2, -0.15) is 13.2 Å². The summed E-state index contributed by atoms with van der Waals surface area (Å²) in [5, 5.41) is 4.46. The summed E-state index contributed by atoms with van der Waals surface area (Å²) in [6.07, 6.45) is -3.81. The zero-order valence-corrected chi connectivity index (χ0v) is 12.3. The minimum Gasteiger partial charge on any atom is -0.346 e. The Morgan fingerprint density at radius 3 is 2.60 bits per heavy atom. The first-order chi connectivity index (χ1) is 9.38. The van der Waals surface area contributed by atoms with E-state index < -0.39 is 17.6 Å². The van der Waals surface area contributed by atoms with E-state index in [1.807, 2.05) is 11.4 Å². The van der Waals surface area contributed by atoms with Gasteiger partial charge in [-0.15, -0.1) is 11.3 Å². The lowest BCUT2D eigenvalue weighted by Crippen LogP contribution is -2.23. The van der Waals surface area contributed by atoms with Gasteiger partial charge < -0.3 is 5.32 Å². The maximum atomic E-state index is 12.4. The third kappa shape index (κ3) is 3.57. The van der Waals surface area contributed by atoms with Crippen LogP contribution in [-0.4, -0.2) is 10.9 Å². The lowest BCUT2D eigenvalue weighted by Gasteiger charge is -2.07. The number of hydrogen-bond acceptors (Lipinski definition) is 3. The Bertz CT molecular complexity index is 610. The van der Waals surface area contributed by atoms with Crippen LogP contribution in [0.2, 0.25) is 0 Å². The summed E-state index contributed by atoms with van der Waals surface area (Å²) >= 11 is 4.78. The number of pyridine rings is 1.